The molecule has 2 fully saturated rings. The minimum atomic E-state index is -0.501. The second kappa shape index (κ2) is 18.3. The van der Waals surface area contributed by atoms with Gasteiger partial charge in [0.2, 0.25) is 18.2 Å². The topological polar surface area (TPSA) is 183 Å². The Morgan fingerprint density at radius 1 is 0.952 bits per heavy atom. The average Bonchev–Trinajstić information content (AvgIpc) is 3.96. The van der Waals surface area contributed by atoms with Gasteiger partial charge in [0.15, 0.2) is 5.65 Å². The van der Waals surface area contributed by atoms with Crippen LogP contribution in [0.5, 0.6) is 0 Å². The van der Waals surface area contributed by atoms with E-state index in [-0.39, 0.29) is 25.3 Å². The average molecular weight is 856 g/mol. The summed E-state index contributed by atoms with van der Waals surface area (Å²) in [5, 5.41) is 14.7. The van der Waals surface area contributed by atoms with Gasteiger partial charge in [-0.1, -0.05) is 38.1 Å². The Kier molecular flexibility index (Phi) is 12.5. The molecule has 0 aliphatic carbocycles. The Morgan fingerprint density at radius 3 is 2.29 bits per heavy atom. The first-order valence-electron chi connectivity index (χ1n) is 21.5. The van der Waals surface area contributed by atoms with Gasteiger partial charge in [0, 0.05) is 111 Å². The highest BCUT2D eigenvalue weighted by atomic mass is 19.1. The molecule has 0 spiro atoms. The summed E-state index contributed by atoms with van der Waals surface area (Å²) in [6.07, 6.45) is 4.94. The van der Waals surface area contributed by atoms with Crippen molar-refractivity contribution in [1.29, 1.82) is 0 Å². The predicted octanol–water partition coefficient (Wildman–Crippen LogP) is 6.23. The molecule has 0 bridgehead atoms. The first kappa shape index (κ1) is 43.0. The summed E-state index contributed by atoms with van der Waals surface area (Å²) in [6, 6.07) is 21.7. The quantitative estimate of drug-likeness (QED) is 0.106. The van der Waals surface area contributed by atoms with E-state index >= 15 is 4.39 Å². The number of nitrogens with two attached hydrogens (primary N) is 1. The number of halogens is 1. The number of primary amides is 1. The molecule has 2 saturated heterocycles. The molecule has 0 unspecified atom stereocenters. The molecule has 3 aromatic carbocycles. The number of nitrogens with zero attached hydrogens (tertiary/aromatic N) is 8. The van der Waals surface area contributed by atoms with Crippen molar-refractivity contribution in [2.45, 2.75) is 58.9 Å². The van der Waals surface area contributed by atoms with Crippen LogP contribution < -0.4 is 25.8 Å². The number of aryl methyl sites for hydroxylation is 1. The lowest BCUT2D eigenvalue weighted by Crippen LogP contribution is -2.49. The van der Waals surface area contributed by atoms with Gasteiger partial charge in [-0.15, -0.1) is 0 Å². The van der Waals surface area contributed by atoms with Gasteiger partial charge in [-0.25, -0.2) is 9.37 Å². The number of carbonyl (C=O) groups excluding carboxylic acids is 3. The van der Waals surface area contributed by atoms with Crippen LogP contribution in [0.4, 0.5) is 21.5 Å². The van der Waals surface area contributed by atoms with Crippen molar-refractivity contribution in [1.82, 2.24) is 35.5 Å². The number of benzene rings is 3. The van der Waals surface area contributed by atoms with E-state index < -0.39 is 23.0 Å². The fourth-order valence-electron chi connectivity index (χ4n) is 8.36. The van der Waals surface area contributed by atoms with E-state index in [1.807, 2.05) is 58.0 Å². The third-order valence-electron chi connectivity index (χ3n) is 12.1. The van der Waals surface area contributed by atoms with Gasteiger partial charge in [-0.3, -0.25) is 24.4 Å². The summed E-state index contributed by atoms with van der Waals surface area (Å²) in [5.41, 5.74) is 12.6. The van der Waals surface area contributed by atoms with Crippen molar-refractivity contribution < 1.29 is 23.3 Å². The molecule has 15 nitrogen and oxygen atoms in total. The number of aromatic nitrogens is 5. The molecule has 0 saturated carbocycles. The van der Waals surface area contributed by atoms with E-state index in [0.717, 1.165) is 93.1 Å². The van der Waals surface area contributed by atoms with Crippen molar-refractivity contribution in [2.75, 3.05) is 67.1 Å². The first-order valence-corrected chi connectivity index (χ1v) is 21.5. The SMILES string of the molecule is Cc1cc(-c2n[nH]c3ncc(-c4ccc(N5CCN(CC6CCN(c7ccc(N(C=O)CCC(N)=O)cc7)CC6)CC5)cc4)cc23)c(F)cc1CNC(=O)c1noc(C(C)(C)C)n1. The number of amides is 3. The molecule has 63 heavy (non-hydrogen) atoms. The number of anilines is 3. The van der Waals surface area contributed by atoms with E-state index in [1.54, 1.807) is 12.3 Å². The summed E-state index contributed by atoms with van der Waals surface area (Å²) >= 11 is 0. The van der Waals surface area contributed by atoms with Gasteiger partial charge >= 0.3 is 0 Å². The number of nitrogens with one attached hydrogen (secondary N) is 2. The number of hydrogen-bond donors (Lipinski definition) is 3. The number of pyridine rings is 1. The third kappa shape index (κ3) is 9.86. The van der Waals surface area contributed by atoms with Gasteiger partial charge < -0.3 is 30.3 Å². The van der Waals surface area contributed by atoms with Gasteiger partial charge in [0.1, 0.15) is 11.5 Å². The van der Waals surface area contributed by atoms with Crippen molar-refractivity contribution in [2.24, 2.45) is 11.7 Å². The minimum Gasteiger partial charge on any atom is -0.372 e. The lowest BCUT2D eigenvalue weighted by molar-refractivity contribution is -0.117. The summed E-state index contributed by atoms with van der Waals surface area (Å²) < 4.78 is 21.0. The second-order valence-corrected chi connectivity index (χ2v) is 17.6. The molecule has 0 atom stereocenters. The van der Waals surface area contributed by atoms with Crippen molar-refractivity contribution in [3.05, 3.63) is 102 Å². The standard InChI is InChI=1S/C47H54FN11O4/c1-30-23-38(40(48)25-33(30)26-51-45(62)44-52-46(63-55-44)47(2,3)4)42-39-24-34(27-50-43(39)54-53-42)32-5-7-35(8-6-32)58-21-19-56(20-22-58)28-31-13-16-57(17-14-31)36-9-11-37(12-10-36)59(29-60)18-15-41(49)61/h5-12,23-25,27,29,31H,13-22,26,28H2,1-4H3,(H2,49,61)(H,51,62)(H,50,53,54). The van der Waals surface area contributed by atoms with Crippen molar-refractivity contribution in [3.63, 3.8) is 0 Å². The Hall–Kier alpha value is -6.68. The smallest absolute Gasteiger partial charge is 0.292 e. The number of aromatic amines is 1. The molecule has 3 aromatic heterocycles. The number of piperazine rings is 1. The van der Waals surface area contributed by atoms with E-state index in [1.165, 1.54) is 16.7 Å². The van der Waals surface area contributed by atoms with Crippen LogP contribution in [0.15, 0.2) is 77.4 Å². The maximum atomic E-state index is 15.8. The maximum Gasteiger partial charge on any atom is 0.292 e. The van der Waals surface area contributed by atoms with Gasteiger partial charge in [-0.2, -0.15) is 10.1 Å². The summed E-state index contributed by atoms with van der Waals surface area (Å²) in [7, 11) is 0. The lowest BCUT2D eigenvalue weighted by Gasteiger charge is -2.40. The normalized spacial score (nSPS) is 15.2. The Balaban J connectivity index is 0.833. The Bertz CT molecular complexity index is 2570. The number of H-pyrrole nitrogens is 1. The Labute approximate surface area is 365 Å². The highest BCUT2D eigenvalue weighted by Gasteiger charge is 2.26. The number of piperidine rings is 1. The van der Waals surface area contributed by atoms with Crippen LogP contribution >= 0.6 is 0 Å². The van der Waals surface area contributed by atoms with E-state index in [2.05, 4.69) is 69.6 Å². The second-order valence-electron chi connectivity index (χ2n) is 17.6. The van der Waals surface area contributed by atoms with Crippen LogP contribution in [0.25, 0.3) is 33.4 Å². The van der Waals surface area contributed by atoms with Crippen molar-refractivity contribution in [3.8, 4) is 22.4 Å². The van der Waals surface area contributed by atoms with Crippen LogP contribution in [0.1, 0.15) is 67.7 Å². The largest absolute Gasteiger partial charge is 0.372 e. The predicted molar refractivity (Wildman–Crippen MR) is 241 cm³/mol. The number of carbonyl (C=O) groups is 3. The van der Waals surface area contributed by atoms with Crippen LogP contribution in [0.3, 0.4) is 0 Å². The fourth-order valence-corrected chi connectivity index (χ4v) is 8.36. The molecular weight excluding hydrogens is 802 g/mol. The van der Waals surface area contributed by atoms with Gasteiger partial charge in [-0.05, 0) is 97.0 Å². The van der Waals surface area contributed by atoms with E-state index in [9.17, 15) is 14.4 Å². The minimum absolute atomic E-state index is 0.0671. The number of hydrogen-bond acceptors (Lipinski definition) is 11. The monoisotopic (exact) mass is 855 g/mol. The molecule has 8 rings (SSSR count). The molecule has 328 valence electrons. The van der Waals surface area contributed by atoms with E-state index in [4.69, 9.17) is 10.3 Å². The zero-order chi connectivity index (χ0) is 44.3. The number of rotatable bonds is 14. The molecule has 5 heterocycles. The zero-order valence-corrected chi connectivity index (χ0v) is 36.2. The zero-order valence-electron chi connectivity index (χ0n) is 36.2. The maximum absolute atomic E-state index is 15.8. The summed E-state index contributed by atoms with van der Waals surface area (Å²) in [6.45, 7) is 15.0. The molecular formula is C47H54FN11O4. The molecule has 2 aliphatic rings. The van der Waals surface area contributed by atoms with Crippen LogP contribution in [-0.2, 0) is 21.5 Å². The first-order chi connectivity index (χ1) is 30.3. The Morgan fingerprint density at radius 2 is 1.63 bits per heavy atom. The van der Waals surface area contributed by atoms with Crippen LogP contribution in [-0.4, -0.2) is 101 Å². The van der Waals surface area contributed by atoms with Crippen molar-refractivity contribution >= 4 is 46.3 Å². The van der Waals surface area contributed by atoms with Crippen LogP contribution in [0, 0.1) is 18.7 Å². The van der Waals surface area contributed by atoms with Gasteiger partial charge in [0.05, 0.1) is 0 Å². The molecule has 2 aliphatic heterocycles. The summed E-state index contributed by atoms with van der Waals surface area (Å²) in [5.74, 6) is -0.446. The molecule has 0 radical (unpaired) electrons. The molecule has 16 heteroatoms. The molecule has 3 amide bonds. The van der Waals surface area contributed by atoms with E-state index in [0.29, 0.717) is 39.7 Å². The summed E-state index contributed by atoms with van der Waals surface area (Å²) in [4.78, 5) is 53.2. The highest BCUT2D eigenvalue weighted by molar-refractivity contribution is 5.94. The molecule has 6 aromatic rings. The lowest BCUT2D eigenvalue weighted by atomic mass is 9.95. The van der Waals surface area contributed by atoms with Gasteiger partial charge in [0.25, 0.3) is 11.7 Å². The number of fused-ring (bicyclic) bond motifs is 1. The van der Waals surface area contributed by atoms with Crippen LogP contribution in [0.2, 0.25) is 0 Å². The highest BCUT2D eigenvalue weighted by Crippen LogP contribution is 2.33. The molecule has 4 N–H and O–H groups in total. The fraction of sp³-hybridized carbons (Fsp3) is 0.383. The third-order valence-corrected chi connectivity index (χ3v) is 12.1.